The number of rotatable bonds is 16. The van der Waals surface area contributed by atoms with Crippen LogP contribution in [0.1, 0.15) is 39.0 Å². The number of amides is 2. The summed E-state index contributed by atoms with van der Waals surface area (Å²) in [6.07, 6.45) is 2.31. The second-order valence-electron chi connectivity index (χ2n) is 9.11. The van der Waals surface area contributed by atoms with Crippen molar-refractivity contribution in [1.29, 1.82) is 0 Å². The van der Waals surface area contributed by atoms with Gasteiger partial charge in [-0.05, 0) is 74.2 Å². The van der Waals surface area contributed by atoms with Crippen molar-refractivity contribution in [3.8, 4) is 34.0 Å². The summed E-state index contributed by atoms with van der Waals surface area (Å²) in [6, 6.07) is 14.5. The number of hydrogen-bond acceptors (Lipinski definition) is 7. The summed E-state index contributed by atoms with van der Waals surface area (Å²) in [5.74, 6) is 0.663. The third kappa shape index (κ3) is 9.33. The van der Waals surface area contributed by atoms with E-state index in [1.54, 1.807) is 14.2 Å². The van der Waals surface area contributed by atoms with Crippen molar-refractivity contribution in [3.05, 3.63) is 48.5 Å². The maximum absolute atomic E-state index is 12.4. The number of imidazole rings is 1. The predicted octanol–water partition coefficient (Wildman–Crippen LogP) is 4.51. The molecule has 1 heterocycles. The average molecular weight is 569 g/mol. The maximum atomic E-state index is 12.4. The van der Waals surface area contributed by atoms with Crippen LogP contribution >= 0.6 is 11.8 Å². The second kappa shape index (κ2) is 15.6. The number of nitrogens with zero attached hydrogens (tertiary/aromatic N) is 1. The fourth-order valence-corrected chi connectivity index (χ4v) is 4.82. The predicted molar refractivity (Wildman–Crippen MR) is 155 cm³/mol. The third-order valence-corrected chi connectivity index (χ3v) is 7.10. The number of ether oxygens (including phenoxy) is 2. The molecule has 214 valence electrons. The minimum Gasteiger partial charge on any atom is -0.497 e. The van der Waals surface area contributed by atoms with E-state index in [1.165, 1.54) is 18.7 Å². The van der Waals surface area contributed by atoms with Crippen molar-refractivity contribution >= 4 is 29.5 Å². The Hall–Kier alpha value is -3.99. The number of carboxylic acids is 1. The molecule has 0 saturated heterocycles. The monoisotopic (exact) mass is 568 g/mol. The summed E-state index contributed by atoms with van der Waals surface area (Å²) in [6.45, 7) is 1.92. The summed E-state index contributed by atoms with van der Waals surface area (Å²) in [4.78, 5) is 43.1. The first-order chi connectivity index (χ1) is 19.3. The standard InChI is InChI=1S/C29H36N4O6S/c1-19(34)30-17-5-4-7-24(28(36)37)31-25(35)8-6-18-40-29-32-26(20-9-13-22(38-2)14-10-20)27(33-29)21-11-15-23(39-3)16-12-21/h9-16,24H,4-8,17-18H2,1-3H3,(H,30,34)(H,31,35)(H,32,33)(H,36,37)/t24-/m0/s1. The Bertz CT molecular complexity index is 1200. The van der Waals surface area contributed by atoms with Crippen LogP contribution in [0, 0.1) is 0 Å². The molecule has 0 fully saturated rings. The van der Waals surface area contributed by atoms with E-state index in [0.29, 0.717) is 38.0 Å². The Balaban J connectivity index is 1.57. The van der Waals surface area contributed by atoms with Gasteiger partial charge in [-0.25, -0.2) is 9.78 Å². The van der Waals surface area contributed by atoms with Crippen molar-refractivity contribution in [2.75, 3.05) is 26.5 Å². The van der Waals surface area contributed by atoms with E-state index in [-0.39, 0.29) is 18.2 Å². The van der Waals surface area contributed by atoms with Gasteiger partial charge in [0.1, 0.15) is 17.5 Å². The normalized spacial score (nSPS) is 11.5. The number of carbonyl (C=O) groups excluding carboxylic acids is 2. The highest BCUT2D eigenvalue weighted by Gasteiger charge is 2.19. The van der Waals surface area contributed by atoms with Crippen molar-refractivity contribution in [2.24, 2.45) is 0 Å². The zero-order chi connectivity index (χ0) is 28.9. The van der Waals surface area contributed by atoms with E-state index in [2.05, 4.69) is 15.6 Å². The largest absolute Gasteiger partial charge is 0.497 e. The molecule has 11 heteroatoms. The molecular weight excluding hydrogens is 532 g/mol. The fraction of sp³-hybridized carbons (Fsp3) is 0.379. The molecule has 3 aromatic rings. The molecule has 10 nitrogen and oxygen atoms in total. The van der Waals surface area contributed by atoms with Gasteiger partial charge in [0.15, 0.2) is 5.16 Å². The number of aromatic nitrogens is 2. The van der Waals surface area contributed by atoms with E-state index in [9.17, 15) is 19.5 Å². The Labute approximate surface area is 238 Å². The topological polar surface area (TPSA) is 143 Å². The first-order valence-corrected chi connectivity index (χ1v) is 14.1. The Morgan fingerprint density at radius 3 is 2.15 bits per heavy atom. The molecule has 0 unspecified atom stereocenters. The molecular formula is C29H36N4O6S. The number of nitrogens with one attached hydrogen (secondary N) is 3. The molecule has 2 aromatic carbocycles. The number of unbranched alkanes of at least 4 members (excludes halogenated alkanes) is 1. The van der Waals surface area contributed by atoms with Gasteiger partial charge >= 0.3 is 5.97 Å². The fourth-order valence-electron chi connectivity index (χ4n) is 4.01. The SMILES string of the molecule is COc1ccc(-c2nc(SCCCC(=O)N[C@@H](CCCCNC(C)=O)C(=O)O)[nH]c2-c2ccc(OC)cc2)cc1. The smallest absolute Gasteiger partial charge is 0.326 e. The quantitative estimate of drug-likeness (QED) is 0.146. The number of hydrogen-bond donors (Lipinski definition) is 4. The summed E-state index contributed by atoms with van der Waals surface area (Å²) in [7, 11) is 3.25. The molecule has 0 aliphatic heterocycles. The summed E-state index contributed by atoms with van der Waals surface area (Å²) in [5.41, 5.74) is 3.57. The van der Waals surface area contributed by atoms with Gasteiger partial charge < -0.3 is 30.2 Å². The lowest BCUT2D eigenvalue weighted by Crippen LogP contribution is -2.40. The molecule has 0 radical (unpaired) electrons. The molecule has 0 spiro atoms. The van der Waals surface area contributed by atoms with Gasteiger partial charge in [0.2, 0.25) is 11.8 Å². The number of carboxylic acid groups (broad SMARTS) is 1. The number of thioether (sulfide) groups is 1. The lowest BCUT2D eigenvalue weighted by atomic mass is 10.0. The highest BCUT2D eigenvalue weighted by atomic mass is 32.2. The van der Waals surface area contributed by atoms with Gasteiger partial charge in [0.25, 0.3) is 0 Å². The third-order valence-electron chi connectivity index (χ3n) is 6.14. The molecule has 0 aliphatic rings. The summed E-state index contributed by atoms with van der Waals surface area (Å²) < 4.78 is 10.6. The van der Waals surface area contributed by atoms with Gasteiger partial charge in [-0.2, -0.15) is 0 Å². The number of carbonyl (C=O) groups is 3. The lowest BCUT2D eigenvalue weighted by molar-refractivity contribution is -0.142. The van der Waals surface area contributed by atoms with Crippen LogP contribution in [-0.4, -0.2) is 65.4 Å². The number of benzene rings is 2. The number of methoxy groups -OCH3 is 2. The average Bonchev–Trinajstić information content (AvgIpc) is 3.38. The first-order valence-electron chi connectivity index (χ1n) is 13.1. The minimum absolute atomic E-state index is 0.121. The van der Waals surface area contributed by atoms with Crippen molar-refractivity contribution in [2.45, 2.75) is 50.2 Å². The van der Waals surface area contributed by atoms with Gasteiger partial charge in [0.05, 0.1) is 25.6 Å². The van der Waals surface area contributed by atoms with Crippen LogP contribution in [0.15, 0.2) is 53.7 Å². The van der Waals surface area contributed by atoms with Crippen LogP contribution < -0.4 is 20.1 Å². The van der Waals surface area contributed by atoms with Crippen LogP contribution in [-0.2, 0) is 14.4 Å². The van der Waals surface area contributed by atoms with E-state index in [0.717, 1.165) is 39.2 Å². The molecule has 1 atom stereocenters. The molecule has 0 saturated carbocycles. The molecule has 2 amide bonds. The van der Waals surface area contributed by atoms with Gasteiger partial charge in [-0.1, -0.05) is 11.8 Å². The summed E-state index contributed by atoms with van der Waals surface area (Å²) >= 11 is 1.50. The van der Waals surface area contributed by atoms with Crippen molar-refractivity contribution in [3.63, 3.8) is 0 Å². The highest BCUT2D eigenvalue weighted by molar-refractivity contribution is 7.99. The van der Waals surface area contributed by atoms with E-state index >= 15 is 0 Å². The van der Waals surface area contributed by atoms with Crippen LogP contribution in [0.2, 0.25) is 0 Å². The molecule has 0 bridgehead atoms. The maximum Gasteiger partial charge on any atom is 0.326 e. The van der Waals surface area contributed by atoms with Gasteiger partial charge in [-0.15, -0.1) is 0 Å². The van der Waals surface area contributed by atoms with E-state index in [4.69, 9.17) is 14.5 Å². The molecule has 4 N–H and O–H groups in total. The molecule has 0 aliphatic carbocycles. The van der Waals surface area contributed by atoms with E-state index in [1.807, 2.05) is 48.5 Å². The zero-order valence-electron chi connectivity index (χ0n) is 23.0. The van der Waals surface area contributed by atoms with Crippen molar-refractivity contribution < 1.29 is 29.0 Å². The number of H-pyrrole nitrogens is 1. The lowest BCUT2D eigenvalue weighted by Gasteiger charge is -2.14. The van der Waals surface area contributed by atoms with E-state index < -0.39 is 12.0 Å². The number of aliphatic carboxylic acids is 1. The molecule has 40 heavy (non-hydrogen) atoms. The first kappa shape index (κ1) is 30.6. The highest BCUT2D eigenvalue weighted by Crippen LogP contribution is 2.34. The molecule has 3 rings (SSSR count). The van der Waals surface area contributed by atoms with Crippen LogP contribution in [0.4, 0.5) is 0 Å². The number of aromatic amines is 1. The van der Waals surface area contributed by atoms with Crippen LogP contribution in [0.3, 0.4) is 0 Å². The summed E-state index contributed by atoms with van der Waals surface area (Å²) in [5, 5.41) is 15.5. The van der Waals surface area contributed by atoms with Crippen LogP contribution in [0.25, 0.3) is 22.5 Å². The van der Waals surface area contributed by atoms with Gasteiger partial charge in [-0.3, -0.25) is 9.59 Å². The zero-order valence-corrected chi connectivity index (χ0v) is 23.8. The Morgan fingerprint density at radius 2 is 1.57 bits per heavy atom. The second-order valence-corrected chi connectivity index (χ2v) is 10.2. The minimum atomic E-state index is -1.06. The molecule has 1 aromatic heterocycles. The van der Waals surface area contributed by atoms with Crippen molar-refractivity contribution in [1.82, 2.24) is 20.6 Å². The van der Waals surface area contributed by atoms with Crippen LogP contribution in [0.5, 0.6) is 11.5 Å². The Kier molecular flexibility index (Phi) is 11.9. The van der Waals surface area contributed by atoms with Gasteiger partial charge in [0, 0.05) is 36.8 Å². The Morgan fingerprint density at radius 1 is 0.950 bits per heavy atom.